The Bertz CT molecular complexity index is 579. The van der Waals surface area contributed by atoms with Crippen LogP contribution in [0.5, 0.6) is 0 Å². The van der Waals surface area contributed by atoms with Crippen molar-refractivity contribution in [2.75, 3.05) is 5.32 Å². The minimum atomic E-state index is -0.231. The van der Waals surface area contributed by atoms with Gasteiger partial charge in [-0.3, -0.25) is 4.98 Å². The standard InChI is InChI=1S/C17H21N3O/c1-12(2)14-7-9-15(10-8-14)20-17(21)19-13(3)16-6-4-5-11-18-16/h4-13H,1-3H3,(H2,19,20,21)/t13-/m0/s1. The molecule has 21 heavy (non-hydrogen) atoms. The van der Waals surface area contributed by atoms with Crippen molar-refractivity contribution in [3.63, 3.8) is 0 Å². The molecular weight excluding hydrogens is 262 g/mol. The van der Waals surface area contributed by atoms with Gasteiger partial charge < -0.3 is 10.6 Å². The van der Waals surface area contributed by atoms with E-state index in [0.717, 1.165) is 11.4 Å². The van der Waals surface area contributed by atoms with Gasteiger partial charge in [-0.1, -0.05) is 32.0 Å². The summed E-state index contributed by atoms with van der Waals surface area (Å²) < 4.78 is 0. The SMILES string of the molecule is CC(C)c1ccc(NC(=O)N[C@@H](C)c2ccccn2)cc1. The number of pyridine rings is 1. The Hall–Kier alpha value is -2.36. The average molecular weight is 283 g/mol. The predicted molar refractivity (Wildman–Crippen MR) is 85.3 cm³/mol. The van der Waals surface area contributed by atoms with E-state index >= 15 is 0 Å². The summed E-state index contributed by atoms with van der Waals surface area (Å²) in [7, 11) is 0. The first-order valence-corrected chi connectivity index (χ1v) is 7.14. The topological polar surface area (TPSA) is 54.0 Å². The Labute approximate surface area is 125 Å². The molecule has 0 bridgehead atoms. The van der Waals surface area contributed by atoms with Crippen molar-refractivity contribution in [1.29, 1.82) is 0 Å². The van der Waals surface area contributed by atoms with Crippen molar-refractivity contribution < 1.29 is 4.79 Å². The highest BCUT2D eigenvalue weighted by Crippen LogP contribution is 2.17. The molecule has 0 aliphatic rings. The van der Waals surface area contributed by atoms with Crippen LogP contribution in [0.1, 0.15) is 44.0 Å². The van der Waals surface area contributed by atoms with Gasteiger partial charge in [0.2, 0.25) is 0 Å². The van der Waals surface area contributed by atoms with E-state index in [9.17, 15) is 4.79 Å². The molecule has 1 aromatic heterocycles. The van der Waals surface area contributed by atoms with E-state index in [1.54, 1.807) is 6.20 Å². The molecule has 2 amide bonds. The Kier molecular flexibility index (Phi) is 4.93. The largest absolute Gasteiger partial charge is 0.330 e. The van der Waals surface area contributed by atoms with Crippen LogP contribution in [0, 0.1) is 0 Å². The summed E-state index contributed by atoms with van der Waals surface area (Å²) in [4.78, 5) is 16.2. The number of amides is 2. The van der Waals surface area contributed by atoms with Gasteiger partial charge in [0.15, 0.2) is 0 Å². The Morgan fingerprint density at radius 1 is 1.05 bits per heavy atom. The number of hydrogen-bond donors (Lipinski definition) is 2. The fraction of sp³-hybridized carbons (Fsp3) is 0.294. The zero-order chi connectivity index (χ0) is 15.2. The number of carbonyl (C=O) groups is 1. The lowest BCUT2D eigenvalue weighted by Crippen LogP contribution is -2.31. The summed E-state index contributed by atoms with van der Waals surface area (Å²) in [6, 6.07) is 13.2. The smallest absolute Gasteiger partial charge is 0.319 e. The zero-order valence-electron chi connectivity index (χ0n) is 12.6. The normalized spacial score (nSPS) is 12.0. The number of benzene rings is 1. The molecule has 110 valence electrons. The van der Waals surface area contributed by atoms with Crippen molar-refractivity contribution in [3.8, 4) is 0 Å². The van der Waals surface area contributed by atoms with Crippen LogP contribution < -0.4 is 10.6 Å². The zero-order valence-corrected chi connectivity index (χ0v) is 12.6. The molecule has 4 nitrogen and oxygen atoms in total. The van der Waals surface area contributed by atoms with Gasteiger partial charge >= 0.3 is 6.03 Å². The Balaban J connectivity index is 1.92. The molecule has 2 N–H and O–H groups in total. The molecule has 0 aliphatic carbocycles. The molecule has 1 aromatic carbocycles. The number of carbonyl (C=O) groups excluding carboxylic acids is 1. The van der Waals surface area contributed by atoms with E-state index < -0.39 is 0 Å². The lowest BCUT2D eigenvalue weighted by Gasteiger charge is -2.14. The molecule has 0 aliphatic heterocycles. The number of nitrogens with one attached hydrogen (secondary N) is 2. The molecule has 2 rings (SSSR count). The molecular formula is C17H21N3O. The van der Waals surface area contributed by atoms with Crippen molar-refractivity contribution in [3.05, 3.63) is 59.9 Å². The number of hydrogen-bond acceptors (Lipinski definition) is 2. The summed E-state index contributed by atoms with van der Waals surface area (Å²) in [5.74, 6) is 0.483. The second-order valence-corrected chi connectivity index (χ2v) is 5.35. The second kappa shape index (κ2) is 6.88. The van der Waals surface area contributed by atoms with Crippen molar-refractivity contribution in [2.45, 2.75) is 32.7 Å². The molecule has 0 spiro atoms. The number of anilines is 1. The van der Waals surface area contributed by atoms with Crippen molar-refractivity contribution in [2.24, 2.45) is 0 Å². The van der Waals surface area contributed by atoms with E-state index in [2.05, 4.69) is 29.5 Å². The van der Waals surface area contributed by atoms with Gasteiger partial charge in [-0.05, 0) is 42.7 Å². The van der Waals surface area contributed by atoms with Crippen LogP contribution in [0.2, 0.25) is 0 Å². The van der Waals surface area contributed by atoms with Crippen LogP contribution in [-0.2, 0) is 0 Å². The quantitative estimate of drug-likeness (QED) is 0.888. The van der Waals surface area contributed by atoms with Gasteiger partial charge in [0.1, 0.15) is 0 Å². The first kappa shape index (κ1) is 15.0. The fourth-order valence-electron chi connectivity index (χ4n) is 2.02. The lowest BCUT2D eigenvalue weighted by molar-refractivity contribution is 0.249. The van der Waals surface area contributed by atoms with Crippen LogP contribution in [0.15, 0.2) is 48.7 Å². The molecule has 0 fully saturated rings. The molecule has 0 saturated heterocycles. The van der Waals surface area contributed by atoms with E-state index in [4.69, 9.17) is 0 Å². The summed E-state index contributed by atoms with van der Waals surface area (Å²) in [5, 5.41) is 5.70. The van der Waals surface area contributed by atoms with E-state index in [1.807, 2.05) is 49.4 Å². The predicted octanol–water partition coefficient (Wildman–Crippen LogP) is 4.09. The minimum Gasteiger partial charge on any atom is -0.330 e. The third-order valence-corrected chi connectivity index (χ3v) is 3.31. The lowest BCUT2D eigenvalue weighted by atomic mass is 10.0. The average Bonchev–Trinajstić information content (AvgIpc) is 2.48. The fourth-order valence-corrected chi connectivity index (χ4v) is 2.02. The molecule has 4 heteroatoms. The van der Waals surface area contributed by atoms with Gasteiger partial charge in [-0.2, -0.15) is 0 Å². The van der Waals surface area contributed by atoms with Gasteiger partial charge in [-0.25, -0.2) is 4.79 Å². The second-order valence-electron chi connectivity index (χ2n) is 5.35. The maximum atomic E-state index is 12.0. The molecule has 0 radical (unpaired) electrons. The summed E-state index contributed by atoms with van der Waals surface area (Å²) in [6.07, 6.45) is 1.72. The Morgan fingerprint density at radius 3 is 2.33 bits per heavy atom. The molecule has 2 aromatic rings. The van der Waals surface area contributed by atoms with Gasteiger partial charge in [0, 0.05) is 11.9 Å². The Morgan fingerprint density at radius 2 is 1.76 bits per heavy atom. The first-order chi connectivity index (χ1) is 10.1. The third-order valence-electron chi connectivity index (χ3n) is 3.31. The first-order valence-electron chi connectivity index (χ1n) is 7.14. The van der Waals surface area contributed by atoms with E-state index in [-0.39, 0.29) is 12.1 Å². The highest BCUT2D eigenvalue weighted by Gasteiger charge is 2.10. The summed E-state index contributed by atoms with van der Waals surface area (Å²) in [5.41, 5.74) is 2.87. The maximum absolute atomic E-state index is 12.0. The van der Waals surface area contributed by atoms with Crippen molar-refractivity contribution in [1.82, 2.24) is 10.3 Å². The van der Waals surface area contributed by atoms with E-state index in [0.29, 0.717) is 5.92 Å². The number of urea groups is 1. The summed E-state index contributed by atoms with van der Waals surface area (Å²) in [6.45, 7) is 6.19. The minimum absolute atomic E-state index is 0.138. The number of aromatic nitrogens is 1. The van der Waals surface area contributed by atoms with Gasteiger partial charge in [0.05, 0.1) is 11.7 Å². The highest BCUT2D eigenvalue weighted by molar-refractivity contribution is 5.89. The molecule has 0 saturated carbocycles. The molecule has 0 unspecified atom stereocenters. The van der Waals surface area contributed by atoms with Gasteiger partial charge in [0.25, 0.3) is 0 Å². The maximum Gasteiger partial charge on any atom is 0.319 e. The third kappa shape index (κ3) is 4.31. The van der Waals surface area contributed by atoms with Crippen molar-refractivity contribution >= 4 is 11.7 Å². The highest BCUT2D eigenvalue weighted by atomic mass is 16.2. The van der Waals surface area contributed by atoms with Crippen LogP contribution >= 0.6 is 0 Å². The van der Waals surface area contributed by atoms with Crippen LogP contribution in [0.25, 0.3) is 0 Å². The van der Waals surface area contributed by atoms with Crippen LogP contribution in [0.4, 0.5) is 10.5 Å². The molecule has 1 atom stereocenters. The van der Waals surface area contributed by atoms with Crippen LogP contribution in [0.3, 0.4) is 0 Å². The summed E-state index contributed by atoms with van der Waals surface area (Å²) >= 11 is 0. The number of nitrogens with zero attached hydrogens (tertiary/aromatic N) is 1. The van der Waals surface area contributed by atoms with E-state index in [1.165, 1.54) is 5.56 Å². The monoisotopic (exact) mass is 283 g/mol. The van der Waals surface area contributed by atoms with Gasteiger partial charge in [-0.15, -0.1) is 0 Å². The van der Waals surface area contributed by atoms with Crippen LogP contribution in [-0.4, -0.2) is 11.0 Å². The number of rotatable bonds is 4. The molecule has 1 heterocycles.